The lowest BCUT2D eigenvalue weighted by atomic mass is 10.1. The zero-order valence-electron chi connectivity index (χ0n) is 11.3. The van der Waals surface area contributed by atoms with Crippen molar-refractivity contribution in [3.05, 3.63) is 22.4 Å². The number of H-pyrrole nitrogens is 1. The van der Waals surface area contributed by atoms with Crippen molar-refractivity contribution >= 4 is 32.9 Å². The van der Waals surface area contributed by atoms with Crippen molar-refractivity contribution in [3.63, 3.8) is 0 Å². The highest BCUT2D eigenvalue weighted by atomic mass is 79.9. The number of piperidine rings is 1. The first-order chi connectivity index (χ1) is 9.66. The zero-order chi connectivity index (χ0) is 14.1. The molecule has 0 unspecified atom stereocenters. The average Bonchev–Trinajstić information content (AvgIpc) is 2.85. The molecule has 6 heteroatoms. The summed E-state index contributed by atoms with van der Waals surface area (Å²) in [6.07, 6.45) is 6.52. The van der Waals surface area contributed by atoms with Gasteiger partial charge >= 0.3 is 6.09 Å². The van der Waals surface area contributed by atoms with Crippen LogP contribution in [0.15, 0.2) is 16.9 Å². The minimum Gasteiger partial charge on any atom is -0.391 e. The van der Waals surface area contributed by atoms with Gasteiger partial charge in [0.2, 0.25) is 5.88 Å². The van der Waals surface area contributed by atoms with Crippen LogP contribution in [0.2, 0.25) is 0 Å². The molecule has 0 radical (unpaired) electrons. The Morgan fingerprint density at radius 2 is 2.15 bits per heavy atom. The molecule has 1 aliphatic rings. The van der Waals surface area contributed by atoms with Gasteiger partial charge in [0, 0.05) is 34.7 Å². The monoisotopic (exact) mass is 337 g/mol. The number of aryl methyl sites for hydroxylation is 1. The van der Waals surface area contributed by atoms with E-state index in [1.54, 1.807) is 11.1 Å². The highest BCUT2D eigenvalue weighted by Gasteiger charge is 2.20. The van der Waals surface area contributed by atoms with Crippen molar-refractivity contribution in [2.75, 3.05) is 13.1 Å². The molecule has 2 aromatic heterocycles. The summed E-state index contributed by atoms with van der Waals surface area (Å²) < 4.78 is 6.41. The molecule has 0 bridgehead atoms. The number of aromatic nitrogens is 2. The van der Waals surface area contributed by atoms with Gasteiger partial charge in [-0.15, -0.1) is 0 Å². The van der Waals surface area contributed by atoms with Crippen molar-refractivity contribution in [2.24, 2.45) is 0 Å². The van der Waals surface area contributed by atoms with E-state index < -0.39 is 0 Å². The number of halogens is 1. The summed E-state index contributed by atoms with van der Waals surface area (Å²) in [5.74, 6) is 0.383. The Hall–Kier alpha value is -1.56. The van der Waals surface area contributed by atoms with E-state index in [1.165, 1.54) is 6.42 Å². The Morgan fingerprint density at radius 3 is 2.90 bits per heavy atom. The molecule has 1 aliphatic heterocycles. The topological polar surface area (TPSA) is 58.2 Å². The number of carbonyl (C=O) groups excluding carboxylic acids is 1. The molecule has 3 rings (SSSR count). The summed E-state index contributed by atoms with van der Waals surface area (Å²) in [7, 11) is 0. The molecule has 0 aliphatic carbocycles. The predicted octanol–water partition coefficient (Wildman–Crippen LogP) is 3.62. The lowest BCUT2D eigenvalue weighted by Gasteiger charge is -2.25. The minimum absolute atomic E-state index is 0.300. The van der Waals surface area contributed by atoms with Gasteiger partial charge in [-0.2, -0.15) is 0 Å². The largest absolute Gasteiger partial charge is 0.416 e. The van der Waals surface area contributed by atoms with Crippen molar-refractivity contribution < 1.29 is 9.53 Å². The Morgan fingerprint density at radius 1 is 1.40 bits per heavy atom. The molecule has 3 heterocycles. The smallest absolute Gasteiger partial charge is 0.391 e. The van der Waals surface area contributed by atoms with Crippen LogP contribution >= 0.6 is 15.9 Å². The van der Waals surface area contributed by atoms with Gasteiger partial charge in [-0.3, -0.25) is 0 Å². The number of carbonyl (C=O) groups is 1. The number of nitrogens with zero attached hydrogens (tertiary/aromatic N) is 2. The van der Waals surface area contributed by atoms with Gasteiger partial charge in [0.1, 0.15) is 0 Å². The molecule has 0 saturated carbocycles. The van der Waals surface area contributed by atoms with Crippen molar-refractivity contribution in [3.8, 4) is 5.88 Å². The maximum atomic E-state index is 12.1. The third kappa shape index (κ3) is 2.40. The number of hydrogen-bond acceptors (Lipinski definition) is 3. The summed E-state index contributed by atoms with van der Waals surface area (Å²) in [4.78, 5) is 21.2. The summed E-state index contributed by atoms with van der Waals surface area (Å²) in [6.45, 7) is 3.45. The predicted molar refractivity (Wildman–Crippen MR) is 80.0 cm³/mol. The second kappa shape index (κ2) is 5.44. The first-order valence-corrected chi connectivity index (χ1v) is 7.55. The van der Waals surface area contributed by atoms with Gasteiger partial charge < -0.3 is 14.6 Å². The number of ether oxygens (including phenoxy) is 1. The van der Waals surface area contributed by atoms with Crippen LogP contribution in [0, 0.1) is 6.92 Å². The van der Waals surface area contributed by atoms with Crippen LogP contribution in [0.3, 0.4) is 0 Å². The van der Waals surface area contributed by atoms with Crippen molar-refractivity contribution in [1.82, 2.24) is 14.9 Å². The van der Waals surface area contributed by atoms with E-state index in [9.17, 15) is 4.79 Å². The molecule has 0 spiro atoms. The third-order valence-electron chi connectivity index (χ3n) is 3.67. The fraction of sp³-hybridized carbons (Fsp3) is 0.429. The fourth-order valence-electron chi connectivity index (χ4n) is 2.55. The van der Waals surface area contributed by atoms with Crippen LogP contribution in [-0.2, 0) is 0 Å². The Balaban J connectivity index is 1.85. The van der Waals surface area contributed by atoms with Crippen LogP contribution in [0.5, 0.6) is 5.88 Å². The number of amides is 1. The van der Waals surface area contributed by atoms with E-state index >= 15 is 0 Å². The second-order valence-electron chi connectivity index (χ2n) is 5.03. The molecule has 1 N–H and O–H groups in total. The SMILES string of the molecule is Cc1c(OC(=O)N2CCCCC2)ncc2[nH]cc(Br)c12. The van der Waals surface area contributed by atoms with Gasteiger partial charge in [-0.1, -0.05) is 0 Å². The van der Waals surface area contributed by atoms with E-state index in [0.717, 1.165) is 46.9 Å². The third-order valence-corrected chi connectivity index (χ3v) is 4.29. The second-order valence-corrected chi connectivity index (χ2v) is 5.88. The number of likely N-dealkylation sites (tertiary alicyclic amines) is 1. The molecular formula is C14H16BrN3O2. The normalized spacial score (nSPS) is 15.6. The van der Waals surface area contributed by atoms with E-state index in [-0.39, 0.29) is 6.09 Å². The summed E-state index contributed by atoms with van der Waals surface area (Å²) in [5.41, 5.74) is 1.79. The number of hydrogen-bond donors (Lipinski definition) is 1. The number of nitrogens with one attached hydrogen (secondary N) is 1. The summed E-state index contributed by atoms with van der Waals surface area (Å²) in [5, 5.41) is 1.00. The van der Waals surface area contributed by atoms with Crippen LogP contribution in [-0.4, -0.2) is 34.1 Å². The number of aromatic amines is 1. The quantitative estimate of drug-likeness (QED) is 0.864. The van der Waals surface area contributed by atoms with Gasteiger partial charge in [-0.05, 0) is 42.1 Å². The molecule has 1 fully saturated rings. The lowest BCUT2D eigenvalue weighted by Crippen LogP contribution is -2.37. The Bertz CT molecular complexity index is 647. The van der Waals surface area contributed by atoms with Gasteiger partial charge in [0.15, 0.2) is 0 Å². The first-order valence-electron chi connectivity index (χ1n) is 6.76. The van der Waals surface area contributed by atoms with Crippen molar-refractivity contribution in [2.45, 2.75) is 26.2 Å². The highest BCUT2D eigenvalue weighted by molar-refractivity contribution is 9.10. The van der Waals surface area contributed by atoms with Crippen LogP contribution in [0.25, 0.3) is 10.9 Å². The molecule has 1 saturated heterocycles. The van der Waals surface area contributed by atoms with E-state index in [0.29, 0.717) is 5.88 Å². The maximum absolute atomic E-state index is 12.1. The highest BCUT2D eigenvalue weighted by Crippen LogP contribution is 2.30. The number of rotatable bonds is 1. The zero-order valence-corrected chi connectivity index (χ0v) is 12.9. The van der Waals surface area contributed by atoms with Crippen molar-refractivity contribution in [1.29, 1.82) is 0 Å². The number of pyridine rings is 1. The lowest BCUT2D eigenvalue weighted by molar-refractivity contribution is 0.140. The molecule has 106 valence electrons. The molecule has 0 aromatic carbocycles. The van der Waals surface area contributed by atoms with E-state index in [4.69, 9.17) is 4.74 Å². The standard InChI is InChI=1S/C14H16BrN3O2/c1-9-12-10(15)7-16-11(12)8-17-13(9)20-14(19)18-5-3-2-4-6-18/h7-8,16H,2-6H2,1H3. The number of fused-ring (bicyclic) bond motifs is 1. The Kier molecular flexibility index (Phi) is 3.65. The molecule has 5 nitrogen and oxygen atoms in total. The molecule has 1 amide bonds. The Labute approximate surface area is 125 Å². The van der Waals surface area contributed by atoms with Gasteiger partial charge in [-0.25, -0.2) is 9.78 Å². The first kappa shape index (κ1) is 13.4. The molecular weight excluding hydrogens is 322 g/mol. The summed E-state index contributed by atoms with van der Waals surface area (Å²) >= 11 is 3.48. The van der Waals surface area contributed by atoms with Crippen LogP contribution < -0.4 is 4.74 Å². The average molecular weight is 338 g/mol. The molecule has 20 heavy (non-hydrogen) atoms. The molecule has 0 atom stereocenters. The van der Waals surface area contributed by atoms with Crippen LogP contribution in [0.4, 0.5) is 4.79 Å². The summed E-state index contributed by atoms with van der Waals surface area (Å²) in [6, 6.07) is 0. The minimum atomic E-state index is -0.300. The van der Waals surface area contributed by atoms with E-state index in [1.807, 2.05) is 13.1 Å². The van der Waals surface area contributed by atoms with Gasteiger partial charge in [0.25, 0.3) is 0 Å². The fourth-order valence-corrected chi connectivity index (χ4v) is 3.18. The maximum Gasteiger partial charge on any atom is 0.416 e. The van der Waals surface area contributed by atoms with E-state index in [2.05, 4.69) is 25.9 Å². The molecule has 2 aromatic rings. The van der Waals surface area contributed by atoms with Crippen LogP contribution in [0.1, 0.15) is 24.8 Å². The van der Waals surface area contributed by atoms with Gasteiger partial charge in [0.05, 0.1) is 11.7 Å².